The minimum atomic E-state index is -0.217. The van der Waals surface area contributed by atoms with Gasteiger partial charge in [-0.15, -0.1) is 0 Å². The number of rotatable bonds is 8. The van der Waals surface area contributed by atoms with E-state index in [9.17, 15) is 4.79 Å². The van der Waals surface area contributed by atoms with E-state index in [-0.39, 0.29) is 5.91 Å². The minimum Gasteiger partial charge on any atom is -0.379 e. The lowest BCUT2D eigenvalue weighted by Crippen LogP contribution is -2.28. The smallest absolute Gasteiger partial charge is 0.271 e. The highest BCUT2D eigenvalue weighted by molar-refractivity contribution is 5.91. The second-order valence-corrected chi connectivity index (χ2v) is 4.59. The molecule has 1 saturated carbocycles. The van der Waals surface area contributed by atoms with E-state index in [0.29, 0.717) is 24.7 Å². The quantitative estimate of drug-likeness (QED) is 0.687. The molecule has 104 valence electrons. The van der Waals surface area contributed by atoms with Gasteiger partial charge < -0.3 is 15.4 Å². The molecule has 1 aromatic rings. The Bertz CT molecular complexity index is 404. The number of nitrogens with zero attached hydrogens (tertiary/aromatic N) is 2. The molecule has 2 rings (SSSR count). The Morgan fingerprint density at radius 3 is 2.89 bits per heavy atom. The summed E-state index contributed by atoms with van der Waals surface area (Å²) in [5.41, 5.74) is 0.323. The van der Waals surface area contributed by atoms with Gasteiger partial charge in [0.2, 0.25) is 0 Å². The van der Waals surface area contributed by atoms with Gasteiger partial charge >= 0.3 is 0 Å². The first-order valence-electron chi connectivity index (χ1n) is 6.71. The molecule has 1 fully saturated rings. The van der Waals surface area contributed by atoms with Crippen LogP contribution in [-0.4, -0.2) is 42.2 Å². The number of hydrogen-bond acceptors (Lipinski definition) is 5. The second-order valence-electron chi connectivity index (χ2n) is 4.59. The van der Waals surface area contributed by atoms with E-state index in [1.54, 1.807) is 6.20 Å². The van der Waals surface area contributed by atoms with Gasteiger partial charge in [0, 0.05) is 19.7 Å². The highest BCUT2D eigenvalue weighted by atomic mass is 16.5. The predicted molar refractivity (Wildman–Crippen MR) is 72.1 cm³/mol. The summed E-state index contributed by atoms with van der Waals surface area (Å²) in [6, 6.07) is 0. The third-order valence-electron chi connectivity index (χ3n) is 2.82. The van der Waals surface area contributed by atoms with Crippen molar-refractivity contribution in [2.75, 3.05) is 31.6 Å². The molecule has 1 amide bonds. The fourth-order valence-electron chi connectivity index (χ4n) is 1.58. The molecule has 0 spiro atoms. The molecule has 1 aliphatic carbocycles. The van der Waals surface area contributed by atoms with E-state index in [2.05, 4.69) is 20.6 Å². The fourth-order valence-corrected chi connectivity index (χ4v) is 1.58. The summed E-state index contributed by atoms with van der Waals surface area (Å²) in [7, 11) is 0. The lowest BCUT2D eigenvalue weighted by molar-refractivity contribution is 0.0901. The Hall–Kier alpha value is -1.69. The molecule has 0 atom stereocenters. The van der Waals surface area contributed by atoms with Crippen LogP contribution in [0.2, 0.25) is 0 Å². The summed E-state index contributed by atoms with van der Waals surface area (Å²) in [6.45, 7) is 4.61. The van der Waals surface area contributed by atoms with Gasteiger partial charge in [-0.1, -0.05) is 0 Å². The molecule has 6 nitrogen and oxygen atoms in total. The average molecular weight is 264 g/mol. The molecule has 2 N–H and O–H groups in total. The highest BCUT2D eigenvalue weighted by Gasteiger charge is 2.20. The SMILES string of the molecule is CCNc1cnc(C(=O)NCCOCC2CC2)cn1. The molecule has 0 unspecified atom stereocenters. The van der Waals surface area contributed by atoms with Crippen LogP contribution in [0.4, 0.5) is 5.82 Å². The molecule has 0 aliphatic heterocycles. The monoisotopic (exact) mass is 264 g/mol. The molecule has 1 heterocycles. The summed E-state index contributed by atoms with van der Waals surface area (Å²) in [5, 5.41) is 5.78. The zero-order chi connectivity index (χ0) is 13.5. The highest BCUT2D eigenvalue weighted by Crippen LogP contribution is 2.28. The number of anilines is 1. The second kappa shape index (κ2) is 7.04. The van der Waals surface area contributed by atoms with Gasteiger partial charge in [-0.2, -0.15) is 0 Å². The van der Waals surface area contributed by atoms with Crippen LogP contribution in [0.5, 0.6) is 0 Å². The largest absolute Gasteiger partial charge is 0.379 e. The topological polar surface area (TPSA) is 76.1 Å². The van der Waals surface area contributed by atoms with Crippen molar-refractivity contribution >= 4 is 11.7 Å². The van der Waals surface area contributed by atoms with Crippen LogP contribution in [-0.2, 0) is 4.74 Å². The van der Waals surface area contributed by atoms with Gasteiger partial charge in [0.05, 0.1) is 19.0 Å². The zero-order valence-electron chi connectivity index (χ0n) is 11.2. The van der Waals surface area contributed by atoms with Crippen LogP contribution in [0.15, 0.2) is 12.4 Å². The van der Waals surface area contributed by atoms with Crippen LogP contribution in [0.1, 0.15) is 30.3 Å². The molecular weight excluding hydrogens is 244 g/mol. The number of carbonyl (C=O) groups excluding carboxylic acids is 1. The predicted octanol–water partition coefficient (Wildman–Crippen LogP) is 1.06. The molecule has 0 saturated heterocycles. The lowest BCUT2D eigenvalue weighted by atomic mass is 10.4. The van der Waals surface area contributed by atoms with Gasteiger partial charge in [-0.05, 0) is 25.7 Å². The average Bonchev–Trinajstić information content (AvgIpc) is 3.23. The van der Waals surface area contributed by atoms with Crippen molar-refractivity contribution in [3.63, 3.8) is 0 Å². The number of carbonyl (C=O) groups is 1. The number of ether oxygens (including phenoxy) is 1. The first kappa shape index (κ1) is 13.7. The molecule has 19 heavy (non-hydrogen) atoms. The minimum absolute atomic E-state index is 0.217. The molecule has 6 heteroatoms. The maximum Gasteiger partial charge on any atom is 0.271 e. The first-order valence-corrected chi connectivity index (χ1v) is 6.71. The van der Waals surface area contributed by atoms with Crippen molar-refractivity contribution in [2.24, 2.45) is 5.92 Å². The maximum absolute atomic E-state index is 11.7. The molecule has 0 bridgehead atoms. The number of hydrogen-bond donors (Lipinski definition) is 2. The zero-order valence-corrected chi connectivity index (χ0v) is 11.2. The third-order valence-corrected chi connectivity index (χ3v) is 2.82. The Morgan fingerprint density at radius 1 is 1.42 bits per heavy atom. The van der Waals surface area contributed by atoms with E-state index in [1.807, 2.05) is 6.92 Å². The van der Waals surface area contributed by atoms with E-state index in [0.717, 1.165) is 19.1 Å². The maximum atomic E-state index is 11.7. The van der Waals surface area contributed by atoms with E-state index < -0.39 is 0 Å². The van der Waals surface area contributed by atoms with Crippen LogP contribution < -0.4 is 10.6 Å². The molecule has 0 aromatic carbocycles. The molecule has 0 radical (unpaired) electrons. The Kier molecular flexibility index (Phi) is 5.09. The van der Waals surface area contributed by atoms with Crippen LogP contribution in [0.25, 0.3) is 0 Å². The van der Waals surface area contributed by atoms with Crippen molar-refractivity contribution in [1.82, 2.24) is 15.3 Å². The van der Waals surface area contributed by atoms with Crippen molar-refractivity contribution in [2.45, 2.75) is 19.8 Å². The third kappa shape index (κ3) is 4.82. The molecule has 1 aromatic heterocycles. The van der Waals surface area contributed by atoms with Gasteiger partial charge in [0.15, 0.2) is 0 Å². The first-order chi connectivity index (χ1) is 9.29. The number of nitrogens with one attached hydrogen (secondary N) is 2. The number of aromatic nitrogens is 2. The Morgan fingerprint density at radius 2 is 2.26 bits per heavy atom. The van der Waals surface area contributed by atoms with Gasteiger partial charge in [0.1, 0.15) is 11.5 Å². The van der Waals surface area contributed by atoms with Gasteiger partial charge in [0.25, 0.3) is 5.91 Å². The standard InChI is InChI=1S/C13H20N4O2/c1-2-14-12-8-16-11(7-17-12)13(18)15-5-6-19-9-10-3-4-10/h7-8,10H,2-6,9H2,1H3,(H,14,17)(H,15,18). The van der Waals surface area contributed by atoms with Crippen molar-refractivity contribution in [3.8, 4) is 0 Å². The van der Waals surface area contributed by atoms with Gasteiger partial charge in [-0.3, -0.25) is 4.79 Å². The summed E-state index contributed by atoms with van der Waals surface area (Å²) in [4.78, 5) is 19.9. The summed E-state index contributed by atoms with van der Waals surface area (Å²) in [6.07, 6.45) is 5.58. The fraction of sp³-hybridized carbons (Fsp3) is 0.615. The van der Waals surface area contributed by atoms with E-state index in [4.69, 9.17) is 4.74 Å². The lowest BCUT2D eigenvalue weighted by Gasteiger charge is -2.06. The van der Waals surface area contributed by atoms with Crippen molar-refractivity contribution in [1.29, 1.82) is 0 Å². The van der Waals surface area contributed by atoms with Gasteiger partial charge in [-0.25, -0.2) is 9.97 Å². The van der Waals surface area contributed by atoms with E-state index >= 15 is 0 Å². The molecular formula is C13H20N4O2. The number of amides is 1. The molecule has 1 aliphatic rings. The van der Waals surface area contributed by atoms with Crippen molar-refractivity contribution in [3.05, 3.63) is 18.1 Å². The van der Waals surface area contributed by atoms with Crippen molar-refractivity contribution < 1.29 is 9.53 Å². The van der Waals surface area contributed by atoms with Crippen LogP contribution >= 0.6 is 0 Å². The summed E-state index contributed by atoms with van der Waals surface area (Å²) < 4.78 is 5.43. The van der Waals surface area contributed by atoms with Crippen LogP contribution in [0.3, 0.4) is 0 Å². The van der Waals surface area contributed by atoms with E-state index in [1.165, 1.54) is 19.0 Å². The summed E-state index contributed by atoms with van der Waals surface area (Å²) >= 11 is 0. The van der Waals surface area contributed by atoms with Crippen LogP contribution in [0, 0.1) is 5.92 Å². The Balaban J connectivity index is 1.66. The Labute approximate surface area is 113 Å². The summed E-state index contributed by atoms with van der Waals surface area (Å²) in [5.74, 6) is 1.21. The normalized spacial score (nSPS) is 14.2.